The van der Waals surface area contributed by atoms with Gasteiger partial charge in [0.05, 0.1) is 8.07 Å². The van der Waals surface area contributed by atoms with Crippen LogP contribution in [-0.2, 0) is 19.7 Å². The maximum atomic E-state index is 13.3. The second-order valence-corrected chi connectivity index (χ2v) is 14.3. The van der Waals surface area contributed by atoms with E-state index in [1.54, 1.807) is 0 Å². The molecule has 0 aliphatic carbocycles. The van der Waals surface area contributed by atoms with Crippen LogP contribution in [0.3, 0.4) is 0 Å². The number of carbonyl (C=O) groups is 2. The number of cyclic esters (lactones) is 1. The quantitative estimate of drug-likeness (QED) is 0.464. The van der Waals surface area contributed by atoms with Crippen LogP contribution in [0.25, 0.3) is 0 Å². The molecule has 26 heavy (non-hydrogen) atoms. The molecule has 0 aromatic heterocycles. The molecule has 1 spiro atoms. The highest BCUT2D eigenvalue weighted by Gasteiger charge is 2.67. The number of allylic oxidation sites excluding steroid dienone is 1. The molecule has 0 bridgehead atoms. The fourth-order valence-electron chi connectivity index (χ4n) is 5.84. The Morgan fingerprint density at radius 2 is 1.50 bits per heavy atom. The molecule has 0 fully saturated rings. The van der Waals surface area contributed by atoms with Crippen molar-refractivity contribution in [3.63, 3.8) is 0 Å². The van der Waals surface area contributed by atoms with Crippen molar-refractivity contribution >= 4 is 25.6 Å². The average molecular weight is 372 g/mol. The molecule has 5 heteroatoms. The van der Waals surface area contributed by atoms with Crippen molar-refractivity contribution in [1.29, 1.82) is 0 Å². The summed E-state index contributed by atoms with van der Waals surface area (Å²) in [5.41, 5.74) is 1.28. The number of carbonyl (C=O) groups excluding carboxylic acids is 2. The first-order valence-electron chi connectivity index (χ1n) is 9.47. The Balaban J connectivity index is 2.41. The Morgan fingerprint density at radius 3 is 2.04 bits per heavy atom. The molecule has 3 rings (SSSR count). The molecule has 1 aromatic rings. The van der Waals surface area contributed by atoms with E-state index in [-0.39, 0.29) is 5.91 Å². The highest BCUT2D eigenvalue weighted by molar-refractivity contribution is 6.91. The molecule has 1 aromatic carbocycles. The summed E-state index contributed by atoms with van der Waals surface area (Å²) in [4.78, 5) is 26.5. The summed E-state index contributed by atoms with van der Waals surface area (Å²) in [7, 11) is -2.27. The highest BCUT2D eigenvalue weighted by Crippen LogP contribution is 2.59. The second kappa shape index (κ2) is 6.08. The maximum absolute atomic E-state index is 13.3. The lowest BCUT2D eigenvalue weighted by Gasteiger charge is -2.47. The SMILES string of the molecule is CC1=C([Si](C(C)C)(C(C)C)C(C)C)[C@]2(C(=O)Nc3ccccc32)C(=O)O1. The van der Waals surface area contributed by atoms with Crippen molar-refractivity contribution in [3.05, 3.63) is 40.8 Å². The zero-order valence-corrected chi connectivity index (χ0v) is 17.8. The van der Waals surface area contributed by atoms with E-state index < -0.39 is 19.5 Å². The smallest absolute Gasteiger partial charge is 0.335 e. The van der Waals surface area contributed by atoms with Crippen LogP contribution < -0.4 is 5.32 Å². The minimum Gasteiger partial charge on any atom is -0.430 e. The van der Waals surface area contributed by atoms with Gasteiger partial charge in [-0.25, -0.2) is 4.79 Å². The number of hydrogen-bond acceptors (Lipinski definition) is 3. The van der Waals surface area contributed by atoms with Crippen LogP contribution in [0.1, 0.15) is 54.0 Å². The van der Waals surface area contributed by atoms with Crippen molar-refractivity contribution in [1.82, 2.24) is 0 Å². The van der Waals surface area contributed by atoms with Gasteiger partial charge in [-0.2, -0.15) is 0 Å². The first-order chi connectivity index (χ1) is 12.1. The van der Waals surface area contributed by atoms with Gasteiger partial charge >= 0.3 is 5.97 Å². The fourth-order valence-corrected chi connectivity index (χ4v) is 13.2. The predicted octanol–water partition coefficient (Wildman–Crippen LogP) is 4.93. The van der Waals surface area contributed by atoms with Crippen LogP contribution in [0.2, 0.25) is 16.6 Å². The van der Waals surface area contributed by atoms with Crippen LogP contribution in [0.4, 0.5) is 5.69 Å². The summed E-state index contributed by atoms with van der Waals surface area (Å²) in [6.45, 7) is 15.3. The van der Waals surface area contributed by atoms with Gasteiger partial charge in [0, 0.05) is 11.3 Å². The van der Waals surface area contributed by atoms with Gasteiger partial charge in [0.2, 0.25) is 0 Å². The summed E-state index contributed by atoms with van der Waals surface area (Å²) < 4.78 is 5.71. The maximum Gasteiger partial charge on any atom is 0.335 e. The van der Waals surface area contributed by atoms with Crippen LogP contribution in [-0.4, -0.2) is 20.0 Å². The minimum atomic E-state index is -2.27. The minimum absolute atomic E-state index is 0.255. The Kier molecular flexibility index (Phi) is 4.42. The lowest BCUT2D eigenvalue weighted by atomic mass is 9.81. The first-order valence-corrected chi connectivity index (χ1v) is 11.7. The monoisotopic (exact) mass is 371 g/mol. The van der Waals surface area contributed by atoms with Crippen LogP contribution in [0, 0.1) is 0 Å². The molecule has 1 N–H and O–H groups in total. The molecule has 1 atom stereocenters. The van der Waals surface area contributed by atoms with Gasteiger partial charge < -0.3 is 10.1 Å². The Bertz CT molecular complexity index is 787. The standard InChI is InChI=1S/C21H29NO3Si/c1-12(2)26(13(3)4,14(5)6)18-15(7)25-20(24)21(18)16-10-8-9-11-17(16)22-19(21)23/h8-14H,1-7H3,(H,22,23)/t21-/m1/s1. The summed E-state index contributed by atoms with van der Waals surface area (Å²) in [5, 5.41) is 3.93. The summed E-state index contributed by atoms with van der Waals surface area (Å²) >= 11 is 0. The number of esters is 1. The van der Waals surface area contributed by atoms with Gasteiger partial charge in [0.25, 0.3) is 5.91 Å². The van der Waals surface area contributed by atoms with E-state index >= 15 is 0 Å². The second-order valence-electron chi connectivity index (χ2n) is 8.47. The van der Waals surface area contributed by atoms with E-state index in [9.17, 15) is 9.59 Å². The zero-order valence-electron chi connectivity index (χ0n) is 16.8. The molecule has 2 aliphatic heterocycles. The third-order valence-electron chi connectivity index (χ3n) is 6.50. The molecule has 0 unspecified atom stereocenters. The highest BCUT2D eigenvalue weighted by atomic mass is 28.3. The molecule has 1 amide bonds. The fraction of sp³-hybridized carbons (Fsp3) is 0.524. The molecule has 4 nitrogen and oxygen atoms in total. The van der Waals surface area contributed by atoms with Gasteiger partial charge in [0.15, 0.2) is 5.41 Å². The third-order valence-corrected chi connectivity index (χ3v) is 13.8. The van der Waals surface area contributed by atoms with E-state index in [1.807, 2.05) is 31.2 Å². The first kappa shape index (κ1) is 18.9. The molecule has 0 saturated heterocycles. The number of hydrogen-bond donors (Lipinski definition) is 1. The Labute approximate surface area is 157 Å². The summed E-state index contributed by atoms with van der Waals surface area (Å²) in [6.07, 6.45) is 0. The van der Waals surface area contributed by atoms with Gasteiger partial charge in [-0.1, -0.05) is 59.7 Å². The van der Waals surface area contributed by atoms with E-state index in [0.717, 1.165) is 16.4 Å². The number of amides is 1. The van der Waals surface area contributed by atoms with Crippen LogP contribution in [0.15, 0.2) is 35.2 Å². The van der Waals surface area contributed by atoms with E-state index in [1.165, 1.54) is 0 Å². The van der Waals surface area contributed by atoms with Gasteiger partial charge in [-0.3, -0.25) is 4.79 Å². The predicted molar refractivity (Wildman–Crippen MR) is 107 cm³/mol. The third kappa shape index (κ3) is 2.06. The van der Waals surface area contributed by atoms with E-state index in [4.69, 9.17) is 4.74 Å². The number of anilines is 1. The van der Waals surface area contributed by atoms with E-state index in [2.05, 4.69) is 46.9 Å². The number of ether oxygens (including phenoxy) is 1. The van der Waals surface area contributed by atoms with Crippen LogP contribution >= 0.6 is 0 Å². The molecule has 0 saturated carbocycles. The zero-order chi connectivity index (χ0) is 19.4. The van der Waals surface area contributed by atoms with Crippen molar-refractivity contribution in [2.75, 3.05) is 5.32 Å². The molecule has 2 aliphatic rings. The van der Waals surface area contributed by atoms with Gasteiger partial charge in [-0.05, 0) is 34.8 Å². The number of fused-ring (bicyclic) bond motifs is 2. The van der Waals surface area contributed by atoms with E-state index in [0.29, 0.717) is 22.4 Å². The lowest BCUT2D eigenvalue weighted by molar-refractivity contribution is -0.144. The van der Waals surface area contributed by atoms with Crippen molar-refractivity contribution in [3.8, 4) is 0 Å². The van der Waals surface area contributed by atoms with Crippen molar-refractivity contribution in [2.24, 2.45) is 0 Å². The van der Waals surface area contributed by atoms with Gasteiger partial charge in [0.1, 0.15) is 5.76 Å². The summed E-state index contributed by atoms with van der Waals surface area (Å²) in [6, 6.07) is 7.53. The van der Waals surface area contributed by atoms with Gasteiger partial charge in [-0.15, -0.1) is 0 Å². The molecular formula is C21H29NO3Si. The number of benzene rings is 1. The van der Waals surface area contributed by atoms with Crippen molar-refractivity contribution < 1.29 is 14.3 Å². The molecular weight excluding hydrogens is 342 g/mol. The van der Waals surface area contributed by atoms with Crippen molar-refractivity contribution in [2.45, 2.75) is 70.5 Å². The number of nitrogens with one attached hydrogen (secondary N) is 1. The lowest BCUT2D eigenvalue weighted by Crippen LogP contribution is -2.56. The number of rotatable bonds is 4. The number of para-hydroxylation sites is 1. The van der Waals surface area contributed by atoms with Crippen LogP contribution in [0.5, 0.6) is 0 Å². The molecule has 0 radical (unpaired) electrons. The molecule has 2 heterocycles. The summed E-state index contributed by atoms with van der Waals surface area (Å²) in [5.74, 6) is -0.0507. The Hall–Kier alpha value is -1.88. The Morgan fingerprint density at radius 1 is 0.962 bits per heavy atom. The normalized spacial score (nSPS) is 22.7. The largest absolute Gasteiger partial charge is 0.430 e. The topological polar surface area (TPSA) is 55.4 Å². The molecule has 140 valence electrons. The average Bonchev–Trinajstić information content (AvgIpc) is 2.97.